The molecule has 0 spiro atoms. The molecule has 0 radical (unpaired) electrons. The first-order valence-electron chi connectivity index (χ1n) is 6.76. The zero-order chi connectivity index (χ0) is 15.5. The van der Waals surface area contributed by atoms with E-state index in [0.29, 0.717) is 13.0 Å². The molecule has 0 aromatic rings. The van der Waals surface area contributed by atoms with Crippen molar-refractivity contribution < 1.29 is 14.3 Å². The quantitative estimate of drug-likeness (QED) is 0.550. The van der Waals surface area contributed by atoms with Crippen molar-refractivity contribution in [2.75, 3.05) is 20.6 Å². The fourth-order valence-corrected chi connectivity index (χ4v) is 2.11. The van der Waals surface area contributed by atoms with Gasteiger partial charge in [-0.1, -0.05) is 13.8 Å². The number of hydrogen-bond donors (Lipinski definition) is 0. The molecule has 19 heavy (non-hydrogen) atoms. The van der Waals surface area contributed by atoms with Gasteiger partial charge in [-0.25, -0.2) is 0 Å². The Balaban J connectivity index is 5.53. The fraction of sp³-hybridized carbons (Fsp3) is 0.867. The first-order chi connectivity index (χ1) is 8.42. The smallest absolute Gasteiger partial charge is 0.314 e. The van der Waals surface area contributed by atoms with Gasteiger partial charge in [0.05, 0.1) is 5.41 Å². The SMILES string of the molecule is CCC(C)(C=O)C(C)(CN(C)C)C(=O)OC(C)(C)C. The van der Waals surface area contributed by atoms with Crippen molar-refractivity contribution >= 4 is 12.3 Å². The van der Waals surface area contributed by atoms with Crippen LogP contribution in [-0.4, -0.2) is 43.4 Å². The molecule has 2 unspecified atom stereocenters. The van der Waals surface area contributed by atoms with Gasteiger partial charge in [0.1, 0.15) is 11.9 Å². The number of hydrogen-bond acceptors (Lipinski definition) is 4. The van der Waals surface area contributed by atoms with Crippen LogP contribution in [0.5, 0.6) is 0 Å². The van der Waals surface area contributed by atoms with E-state index in [1.807, 2.05) is 60.5 Å². The van der Waals surface area contributed by atoms with Gasteiger partial charge in [-0.3, -0.25) is 4.79 Å². The van der Waals surface area contributed by atoms with Gasteiger partial charge in [-0.05, 0) is 48.2 Å². The molecule has 0 aromatic heterocycles. The highest BCUT2D eigenvalue weighted by molar-refractivity contribution is 5.83. The topological polar surface area (TPSA) is 46.6 Å². The average molecular weight is 271 g/mol. The lowest BCUT2D eigenvalue weighted by atomic mass is 9.64. The first-order valence-corrected chi connectivity index (χ1v) is 6.76. The Morgan fingerprint density at radius 3 is 1.89 bits per heavy atom. The average Bonchev–Trinajstić information content (AvgIpc) is 2.24. The number of ether oxygens (including phenoxy) is 1. The summed E-state index contributed by atoms with van der Waals surface area (Å²) in [5, 5.41) is 0. The largest absolute Gasteiger partial charge is 0.459 e. The molecule has 0 heterocycles. The van der Waals surface area contributed by atoms with E-state index >= 15 is 0 Å². The lowest BCUT2D eigenvalue weighted by molar-refractivity contribution is -0.177. The number of carbonyl (C=O) groups is 2. The van der Waals surface area contributed by atoms with E-state index in [-0.39, 0.29) is 5.97 Å². The number of aldehydes is 1. The maximum absolute atomic E-state index is 12.6. The lowest BCUT2D eigenvalue weighted by Gasteiger charge is -2.43. The minimum atomic E-state index is -0.861. The van der Waals surface area contributed by atoms with Crippen LogP contribution >= 0.6 is 0 Å². The van der Waals surface area contributed by atoms with E-state index in [9.17, 15) is 9.59 Å². The third-order valence-electron chi connectivity index (χ3n) is 3.74. The van der Waals surface area contributed by atoms with Gasteiger partial charge in [0.25, 0.3) is 0 Å². The second kappa shape index (κ2) is 6.04. The summed E-state index contributed by atoms with van der Waals surface area (Å²) in [6, 6.07) is 0. The van der Waals surface area contributed by atoms with E-state index in [0.717, 1.165) is 6.29 Å². The van der Waals surface area contributed by atoms with Crippen molar-refractivity contribution in [3.8, 4) is 0 Å². The Morgan fingerprint density at radius 1 is 1.16 bits per heavy atom. The maximum Gasteiger partial charge on any atom is 0.314 e. The predicted octanol–water partition coefficient (Wildman–Crippen LogP) is 2.51. The van der Waals surface area contributed by atoms with E-state index < -0.39 is 16.4 Å². The molecule has 0 fully saturated rings. The van der Waals surface area contributed by atoms with Crippen LogP contribution in [0.4, 0.5) is 0 Å². The van der Waals surface area contributed by atoms with Crippen LogP contribution in [-0.2, 0) is 14.3 Å². The van der Waals surface area contributed by atoms with Crippen LogP contribution in [0.3, 0.4) is 0 Å². The van der Waals surface area contributed by atoms with E-state index in [1.165, 1.54) is 0 Å². The Morgan fingerprint density at radius 2 is 1.63 bits per heavy atom. The second-order valence-electron chi connectivity index (χ2n) is 6.96. The summed E-state index contributed by atoms with van der Waals surface area (Å²) in [6.07, 6.45) is 1.49. The molecule has 4 heteroatoms. The van der Waals surface area contributed by atoms with Gasteiger partial charge in [0.2, 0.25) is 0 Å². The van der Waals surface area contributed by atoms with Crippen LogP contribution in [0.25, 0.3) is 0 Å². The fourth-order valence-electron chi connectivity index (χ4n) is 2.11. The number of carbonyl (C=O) groups excluding carboxylic acids is 2. The molecule has 0 N–H and O–H groups in total. The highest BCUT2D eigenvalue weighted by Gasteiger charge is 2.51. The van der Waals surface area contributed by atoms with Crippen LogP contribution in [0.15, 0.2) is 0 Å². The summed E-state index contributed by atoms with van der Waals surface area (Å²) in [7, 11) is 3.78. The van der Waals surface area contributed by atoms with Gasteiger partial charge >= 0.3 is 5.97 Å². The van der Waals surface area contributed by atoms with Gasteiger partial charge < -0.3 is 14.4 Å². The van der Waals surface area contributed by atoms with Crippen molar-refractivity contribution in [3.63, 3.8) is 0 Å². The number of nitrogens with zero attached hydrogens (tertiary/aromatic N) is 1. The van der Waals surface area contributed by atoms with Crippen molar-refractivity contribution in [2.24, 2.45) is 10.8 Å². The molecular formula is C15H29NO3. The van der Waals surface area contributed by atoms with E-state index in [4.69, 9.17) is 4.74 Å². The minimum Gasteiger partial charge on any atom is -0.459 e. The highest BCUT2D eigenvalue weighted by atomic mass is 16.6. The molecule has 0 amide bonds. The molecule has 0 aliphatic rings. The first kappa shape index (κ1) is 18.1. The van der Waals surface area contributed by atoms with Crippen LogP contribution in [0.2, 0.25) is 0 Å². The zero-order valence-corrected chi connectivity index (χ0v) is 13.7. The Kier molecular flexibility index (Phi) is 5.75. The summed E-state index contributed by atoms with van der Waals surface area (Å²) >= 11 is 0. The Hall–Kier alpha value is -0.900. The summed E-state index contributed by atoms with van der Waals surface area (Å²) in [6.45, 7) is 11.6. The molecule has 0 rings (SSSR count). The molecule has 0 saturated heterocycles. The molecule has 2 atom stereocenters. The highest BCUT2D eigenvalue weighted by Crippen LogP contribution is 2.42. The number of esters is 1. The van der Waals surface area contributed by atoms with Gasteiger partial charge in [-0.15, -0.1) is 0 Å². The standard InChI is InChI=1S/C15H29NO3/c1-9-14(5,11-17)15(6,10-16(7)8)12(18)19-13(2,3)4/h11H,9-10H2,1-8H3. The number of rotatable bonds is 6. The predicted molar refractivity (Wildman–Crippen MR) is 77.0 cm³/mol. The van der Waals surface area contributed by atoms with Crippen molar-refractivity contribution in [1.29, 1.82) is 0 Å². The maximum atomic E-state index is 12.6. The van der Waals surface area contributed by atoms with Crippen LogP contribution < -0.4 is 0 Å². The molecule has 0 aromatic carbocycles. The molecular weight excluding hydrogens is 242 g/mol. The van der Waals surface area contributed by atoms with Crippen LogP contribution in [0, 0.1) is 10.8 Å². The summed E-state index contributed by atoms with van der Waals surface area (Å²) < 4.78 is 5.53. The van der Waals surface area contributed by atoms with E-state index in [2.05, 4.69) is 0 Å². The van der Waals surface area contributed by atoms with Crippen LogP contribution in [0.1, 0.15) is 48.0 Å². The van der Waals surface area contributed by atoms with Gasteiger partial charge in [0.15, 0.2) is 0 Å². The van der Waals surface area contributed by atoms with Crippen molar-refractivity contribution in [2.45, 2.75) is 53.6 Å². The molecule has 0 aliphatic heterocycles. The monoisotopic (exact) mass is 271 g/mol. The molecule has 0 aliphatic carbocycles. The van der Waals surface area contributed by atoms with Gasteiger partial charge in [0, 0.05) is 12.0 Å². The lowest BCUT2D eigenvalue weighted by Crippen LogP contribution is -2.53. The third kappa shape index (κ3) is 4.30. The normalized spacial score (nSPS) is 18.6. The Bertz CT molecular complexity index is 333. The molecule has 112 valence electrons. The minimum absolute atomic E-state index is 0.315. The van der Waals surface area contributed by atoms with Gasteiger partial charge in [-0.2, -0.15) is 0 Å². The second-order valence-corrected chi connectivity index (χ2v) is 6.96. The molecule has 4 nitrogen and oxygen atoms in total. The zero-order valence-electron chi connectivity index (χ0n) is 13.7. The summed E-state index contributed by atoms with van der Waals surface area (Å²) in [5.41, 5.74) is -2.15. The Labute approximate surface area is 117 Å². The third-order valence-corrected chi connectivity index (χ3v) is 3.74. The van der Waals surface area contributed by atoms with Crippen molar-refractivity contribution in [3.05, 3.63) is 0 Å². The summed E-state index contributed by atoms with van der Waals surface area (Å²) in [4.78, 5) is 26.0. The molecule has 0 bridgehead atoms. The van der Waals surface area contributed by atoms with Crippen molar-refractivity contribution in [1.82, 2.24) is 4.90 Å². The molecule has 0 saturated carbocycles. The van der Waals surface area contributed by atoms with E-state index in [1.54, 1.807) is 0 Å². The summed E-state index contributed by atoms with van der Waals surface area (Å²) in [5.74, 6) is -0.315.